The van der Waals surface area contributed by atoms with Crippen LogP contribution in [0, 0.1) is 11.8 Å². The van der Waals surface area contributed by atoms with Gasteiger partial charge in [-0.25, -0.2) is 9.78 Å². The Kier molecular flexibility index (Phi) is 29.4. The van der Waals surface area contributed by atoms with Crippen LogP contribution in [-0.4, -0.2) is 189 Å². The largest absolute Gasteiger partial charge is 0.480 e. The molecule has 1 saturated carbocycles. The molecule has 1 aliphatic rings. The summed E-state index contributed by atoms with van der Waals surface area (Å²) in [6.45, 7) is 5.71. The molecule has 1 aromatic carbocycles. The number of carboxylic acids is 1. The first-order valence-electron chi connectivity index (χ1n) is 27.6. The van der Waals surface area contributed by atoms with E-state index in [-0.39, 0.29) is 57.2 Å². The third-order valence-electron chi connectivity index (χ3n) is 13.9. The summed E-state index contributed by atoms with van der Waals surface area (Å²) in [7, 11) is 0. The number of aromatic amines is 1. The number of nitrogens with one attached hydrogen (secondary N) is 9. The number of rotatable bonds is 35. The lowest BCUT2D eigenvalue weighted by Crippen LogP contribution is -2.62. The van der Waals surface area contributed by atoms with Crippen LogP contribution >= 0.6 is 0 Å². The van der Waals surface area contributed by atoms with Gasteiger partial charge in [-0.05, 0) is 57.4 Å². The Labute approximate surface area is 476 Å². The van der Waals surface area contributed by atoms with Crippen LogP contribution < -0.4 is 65.5 Å². The van der Waals surface area contributed by atoms with E-state index >= 15 is 0 Å². The van der Waals surface area contributed by atoms with Gasteiger partial charge in [0.2, 0.25) is 53.2 Å². The van der Waals surface area contributed by atoms with Gasteiger partial charge in [-0.1, -0.05) is 82.7 Å². The van der Waals surface area contributed by atoms with E-state index in [1.165, 1.54) is 19.4 Å². The van der Waals surface area contributed by atoms with Crippen LogP contribution in [0.25, 0.3) is 0 Å². The molecule has 1 aliphatic carbocycles. The number of hydrogen-bond acceptors (Lipinski definition) is 16. The van der Waals surface area contributed by atoms with Gasteiger partial charge in [0.05, 0.1) is 37.7 Å². The molecule has 20 N–H and O–H groups in total. The molecule has 1 unspecified atom stereocenters. The van der Waals surface area contributed by atoms with Gasteiger partial charge < -0.3 is 90.7 Å². The standard InChI is InChI=1S/C53H86N16O13/c1-6-29(2)42(50(79)65-39(52(81)82)23-34-16-11-8-12-17-34)66-40(72)27-69(21-19-54)41(73)26-60-49(78)43(31(4)70)68-51(80)44(32(5)71)67-48(77)38(24-35-25-58-28-61-35)64-47(76)37(22-33-14-9-7-10-15-33)63-45(74)30(3)62-46(75)36(55)18-13-20-59-53(56)57/h7,9-10,14-15,25,28-32,34,36-39,42-44,70-71H,6,8,11-13,16-24,26-27,54-55H2,1-5H3,(H,58,61)(H,60,78)(H,62,75)(H,63,74)(H,64,76)(H,65,79)(H,66,72)(H,67,77)(H,68,80)(H,81,82)(H4,56,57,59)/t29?,30-,31+,32+,36-,37+,38-,39-,42-,43-,44-/m0/s1. The number of nitrogens with zero attached hydrogens (tertiary/aromatic N) is 3. The minimum atomic E-state index is -1.83. The van der Waals surface area contributed by atoms with Crippen molar-refractivity contribution in [1.82, 2.24) is 57.4 Å². The van der Waals surface area contributed by atoms with Crippen molar-refractivity contribution in [2.24, 2.45) is 39.8 Å². The number of aliphatic hydroxyl groups is 2. The van der Waals surface area contributed by atoms with Crippen molar-refractivity contribution in [2.45, 2.75) is 166 Å². The van der Waals surface area contributed by atoms with Crippen LogP contribution in [0.4, 0.5) is 0 Å². The molecular formula is C53H86N16O13. The van der Waals surface area contributed by atoms with Crippen molar-refractivity contribution in [2.75, 3.05) is 32.7 Å². The first-order chi connectivity index (χ1) is 38.8. The van der Waals surface area contributed by atoms with Crippen molar-refractivity contribution in [1.29, 1.82) is 0 Å². The van der Waals surface area contributed by atoms with E-state index in [0.29, 0.717) is 24.1 Å². The van der Waals surface area contributed by atoms with Gasteiger partial charge in [-0.2, -0.15) is 0 Å². The first-order valence-corrected chi connectivity index (χ1v) is 27.6. The van der Waals surface area contributed by atoms with E-state index < -0.39 is 139 Å². The fourth-order valence-corrected chi connectivity index (χ4v) is 8.96. The lowest BCUT2D eigenvalue weighted by Gasteiger charge is -2.29. The molecule has 3 rings (SSSR count). The summed E-state index contributed by atoms with van der Waals surface area (Å²) in [6, 6.07) is -2.50. The van der Waals surface area contributed by atoms with E-state index in [2.05, 4.69) is 57.5 Å². The summed E-state index contributed by atoms with van der Waals surface area (Å²) in [5.41, 5.74) is 23.4. The van der Waals surface area contributed by atoms with Crippen LogP contribution in [0.15, 0.2) is 47.8 Å². The van der Waals surface area contributed by atoms with Crippen molar-refractivity contribution >= 4 is 65.1 Å². The number of hydrogen-bond donors (Lipinski definition) is 16. The third kappa shape index (κ3) is 23.8. The normalized spacial score (nSPS) is 16.5. The predicted octanol–water partition coefficient (Wildman–Crippen LogP) is -4.24. The van der Waals surface area contributed by atoms with Crippen molar-refractivity contribution < 1.29 is 63.3 Å². The number of nitrogens with two attached hydrogens (primary N) is 4. The maximum absolute atomic E-state index is 14.2. The zero-order valence-corrected chi connectivity index (χ0v) is 47.4. The van der Waals surface area contributed by atoms with Gasteiger partial charge in [-0.15, -0.1) is 0 Å². The zero-order valence-electron chi connectivity index (χ0n) is 47.4. The second-order valence-electron chi connectivity index (χ2n) is 20.7. The lowest BCUT2D eigenvalue weighted by molar-refractivity contribution is -0.143. The highest BCUT2D eigenvalue weighted by molar-refractivity contribution is 5.98. The Morgan fingerprint density at radius 3 is 1.90 bits per heavy atom. The topological polar surface area (TPSA) is 476 Å². The Balaban J connectivity index is 1.73. The quantitative estimate of drug-likeness (QED) is 0.0177. The third-order valence-corrected chi connectivity index (χ3v) is 13.9. The second-order valence-corrected chi connectivity index (χ2v) is 20.7. The maximum atomic E-state index is 14.2. The fourth-order valence-electron chi connectivity index (χ4n) is 8.96. The molecule has 2 aromatic rings. The second kappa shape index (κ2) is 35.2. The Morgan fingerprint density at radius 1 is 0.732 bits per heavy atom. The number of imidazole rings is 1. The number of carbonyl (C=O) groups excluding carboxylic acids is 9. The summed E-state index contributed by atoms with van der Waals surface area (Å²) in [6.07, 6.45) is 5.00. The van der Waals surface area contributed by atoms with Crippen LogP contribution in [0.1, 0.15) is 104 Å². The molecule has 82 heavy (non-hydrogen) atoms. The summed E-state index contributed by atoms with van der Waals surface area (Å²) >= 11 is 0. The highest BCUT2D eigenvalue weighted by Gasteiger charge is 2.37. The minimum absolute atomic E-state index is 0.0910. The van der Waals surface area contributed by atoms with Gasteiger partial charge in [0.25, 0.3) is 0 Å². The van der Waals surface area contributed by atoms with E-state index in [4.69, 9.17) is 22.9 Å². The Hall–Kier alpha value is -7.76. The van der Waals surface area contributed by atoms with Crippen LogP contribution in [0.2, 0.25) is 0 Å². The number of guanidine groups is 1. The summed E-state index contributed by atoms with van der Waals surface area (Å²) in [5, 5.41) is 51.4. The molecule has 0 radical (unpaired) electrons. The monoisotopic (exact) mass is 1150 g/mol. The molecule has 0 aliphatic heterocycles. The SMILES string of the molecule is CCC(C)[C@H](NC(=O)CN(CCN)C(=O)CNC(=O)[C@@H](NC(=O)[C@@H](NC(=O)[C@H](Cc1cnc[nH]1)NC(=O)[C@@H](Cc1ccccc1)NC(=O)[C@H](C)NC(=O)[C@@H](N)CCCN=C(N)N)[C@@H](C)O)[C@@H](C)O)C(=O)N[C@@H](CC1CCCCC1)C(=O)O. The number of aliphatic hydroxyl groups excluding tert-OH is 2. The molecule has 1 heterocycles. The zero-order chi connectivity index (χ0) is 61.1. The number of aliphatic carboxylic acids is 1. The number of carboxylic acid groups (broad SMARTS) is 1. The molecule has 1 aromatic heterocycles. The number of aromatic nitrogens is 2. The lowest BCUT2D eigenvalue weighted by atomic mass is 9.84. The molecule has 29 heteroatoms. The number of H-pyrrole nitrogens is 1. The average Bonchev–Trinajstić information content (AvgIpc) is 3.97. The number of aliphatic imine (C=N–C) groups is 1. The molecular weight excluding hydrogens is 1070 g/mol. The predicted molar refractivity (Wildman–Crippen MR) is 300 cm³/mol. The molecule has 456 valence electrons. The summed E-state index contributed by atoms with van der Waals surface area (Å²) in [5.74, 6) is -9.51. The number of amides is 9. The minimum Gasteiger partial charge on any atom is -0.480 e. The molecule has 0 saturated heterocycles. The van der Waals surface area contributed by atoms with Gasteiger partial charge in [0.1, 0.15) is 42.3 Å². The summed E-state index contributed by atoms with van der Waals surface area (Å²) in [4.78, 5) is 147. The van der Waals surface area contributed by atoms with Crippen LogP contribution in [-0.2, 0) is 60.8 Å². The van der Waals surface area contributed by atoms with Crippen molar-refractivity contribution in [3.8, 4) is 0 Å². The van der Waals surface area contributed by atoms with Crippen molar-refractivity contribution in [3.05, 3.63) is 54.1 Å². The van der Waals surface area contributed by atoms with Gasteiger partial charge in [0.15, 0.2) is 5.96 Å². The van der Waals surface area contributed by atoms with Gasteiger partial charge >= 0.3 is 5.97 Å². The Bertz CT molecular complexity index is 2440. The molecule has 0 bridgehead atoms. The number of carbonyl (C=O) groups is 10. The molecule has 0 spiro atoms. The molecule has 1 fully saturated rings. The number of benzene rings is 1. The molecule has 9 amide bonds. The van der Waals surface area contributed by atoms with E-state index in [1.807, 2.05) is 0 Å². The van der Waals surface area contributed by atoms with Gasteiger partial charge in [-0.3, -0.25) is 48.1 Å². The Morgan fingerprint density at radius 2 is 1.32 bits per heavy atom. The van der Waals surface area contributed by atoms with Crippen molar-refractivity contribution in [3.63, 3.8) is 0 Å². The highest BCUT2D eigenvalue weighted by atomic mass is 16.4. The smallest absolute Gasteiger partial charge is 0.326 e. The van der Waals surface area contributed by atoms with Gasteiger partial charge in [0, 0.05) is 44.4 Å². The first kappa shape index (κ1) is 68.5. The highest BCUT2D eigenvalue weighted by Crippen LogP contribution is 2.27. The van der Waals surface area contributed by atoms with Crippen LogP contribution in [0.5, 0.6) is 0 Å². The average molecular weight is 1160 g/mol. The fraction of sp³-hybridized carbons (Fsp3) is 0.623. The molecule has 29 nitrogen and oxygen atoms in total. The van der Waals surface area contributed by atoms with Crippen LogP contribution in [0.3, 0.4) is 0 Å². The van der Waals surface area contributed by atoms with E-state index in [0.717, 1.165) is 50.9 Å². The van der Waals surface area contributed by atoms with E-state index in [1.54, 1.807) is 44.2 Å². The van der Waals surface area contributed by atoms with E-state index in [9.17, 15) is 63.3 Å². The molecule has 11 atom stereocenters. The maximum Gasteiger partial charge on any atom is 0.326 e. The summed E-state index contributed by atoms with van der Waals surface area (Å²) < 4.78 is 0.